The van der Waals surface area contributed by atoms with Crippen LogP contribution in [0.5, 0.6) is 0 Å². The lowest BCUT2D eigenvalue weighted by Crippen LogP contribution is -2.53. The van der Waals surface area contributed by atoms with Gasteiger partial charge in [-0.1, -0.05) is 0 Å². The summed E-state index contributed by atoms with van der Waals surface area (Å²) in [6, 6.07) is -2.03. The molecule has 1 rings (SSSR count). The van der Waals surface area contributed by atoms with Crippen molar-refractivity contribution in [2.75, 3.05) is 40.1 Å². The van der Waals surface area contributed by atoms with Gasteiger partial charge in [0.05, 0.1) is 26.9 Å². The Morgan fingerprint density at radius 2 is 1.72 bits per heavy atom. The van der Waals surface area contributed by atoms with E-state index in [0.29, 0.717) is 26.1 Å². The quantitative estimate of drug-likeness (QED) is 0.510. The number of esters is 1. The molecular weight excluding hydrogens is 386 g/mol. The lowest BCUT2D eigenvalue weighted by molar-refractivity contribution is -0.146. The van der Waals surface area contributed by atoms with Gasteiger partial charge >= 0.3 is 12.1 Å². The summed E-state index contributed by atoms with van der Waals surface area (Å²) in [4.78, 5) is 48.3. The number of hydrogen-bond donors (Lipinski definition) is 3. The van der Waals surface area contributed by atoms with E-state index in [1.54, 1.807) is 20.8 Å². The van der Waals surface area contributed by atoms with Gasteiger partial charge in [0.1, 0.15) is 11.6 Å². The SMILES string of the molecule is COC(=O)C1COCCCCOCC(NC(=O)OC(C)(C)C)C(=O)NCC(=O)N1. The minimum absolute atomic E-state index is 0.0456. The summed E-state index contributed by atoms with van der Waals surface area (Å²) in [5, 5.41) is 7.29. The largest absolute Gasteiger partial charge is 0.467 e. The average molecular weight is 417 g/mol. The zero-order chi connectivity index (χ0) is 21.9. The Hall–Kier alpha value is -2.40. The fraction of sp³-hybridized carbons (Fsp3) is 0.778. The van der Waals surface area contributed by atoms with Crippen LogP contribution in [0.4, 0.5) is 4.79 Å². The molecule has 166 valence electrons. The third-order valence-electron chi connectivity index (χ3n) is 3.65. The zero-order valence-electron chi connectivity index (χ0n) is 17.4. The highest BCUT2D eigenvalue weighted by atomic mass is 16.6. The Morgan fingerprint density at radius 3 is 2.31 bits per heavy atom. The Labute approximate surface area is 170 Å². The third kappa shape index (κ3) is 10.6. The van der Waals surface area contributed by atoms with E-state index < -0.39 is 48.1 Å². The Balaban J connectivity index is 2.76. The molecule has 1 fully saturated rings. The van der Waals surface area contributed by atoms with Crippen molar-refractivity contribution < 1.29 is 38.1 Å². The van der Waals surface area contributed by atoms with Crippen molar-refractivity contribution in [2.45, 2.75) is 51.3 Å². The van der Waals surface area contributed by atoms with Gasteiger partial charge in [0.2, 0.25) is 11.8 Å². The zero-order valence-corrected chi connectivity index (χ0v) is 17.4. The maximum atomic E-state index is 12.4. The van der Waals surface area contributed by atoms with Crippen molar-refractivity contribution in [1.29, 1.82) is 0 Å². The van der Waals surface area contributed by atoms with Crippen LogP contribution in [0.15, 0.2) is 0 Å². The molecule has 2 atom stereocenters. The van der Waals surface area contributed by atoms with Crippen molar-refractivity contribution in [3.05, 3.63) is 0 Å². The number of carbonyl (C=O) groups is 4. The summed E-state index contributed by atoms with van der Waals surface area (Å²) in [6.45, 7) is 5.27. The van der Waals surface area contributed by atoms with Crippen LogP contribution < -0.4 is 16.0 Å². The van der Waals surface area contributed by atoms with Crippen LogP contribution >= 0.6 is 0 Å². The molecule has 0 aromatic rings. The monoisotopic (exact) mass is 417 g/mol. The number of amides is 3. The molecule has 29 heavy (non-hydrogen) atoms. The standard InChI is InChI=1S/C18H31N3O8/c1-18(2,3)29-17(25)21-12-10-27-7-5-6-8-28-11-13(16(24)26-4)20-14(22)9-19-15(12)23/h12-13H,5-11H2,1-4H3,(H,19,23)(H,20,22)(H,21,25). The van der Waals surface area contributed by atoms with E-state index in [4.69, 9.17) is 14.2 Å². The van der Waals surface area contributed by atoms with Gasteiger partial charge < -0.3 is 34.9 Å². The molecule has 3 N–H and O–H groups in total. The number of rotatable bonds is 2. The molecule has 2 unspecified atom stereocenters. The van der Waals surface area contributed by atoms with Gasteiger partial charge in [-0.05, 0) is 33.6 Å². The van der Waals surface area contributed by atoms with Gasteiger partial charge in [0.25, 0.3) is 0 Å². The first-order valence-corrected chi connectivity index (χ1v) is 9.42. The number of ether oxygens (including phenoxy) is 4. The van der Waals surface area contributed by atoms with E-state index in [1.807, 2.05) is 0 Å². The van der Waals surface area contributed by atoms with E-state index >= 15 is 0 Å². The molecule has 1 aliphatic rings. The molecule has 3 amide bonds. The van der Waals surface area contributed by atoms with Gasteiger partial charge in [0.15, 0.2) is 6.04 Å². The van der Waals surface area contributed by atoms with Crippen molar-refractivity contribution in [3.8, 4) is 0 Å². The molecule has 1 heterocycles. The van der Waals surface area contributed by atoms with Gasteiger partial charge in [-0.25, -0.2) is 9.59 Å². The molecular formula is C18H31N3O8. The predicted octanol–water partition coefficient (Wildman–Crippen LogP) is -0.519. The summed E-state index contributed by atoms with van der Waals surface area (Å²) in [7, 11) is 1.20. The molecule has 0 aromatic carbocycles. The fourth-order valence-electron chi connectivity index (χ4n) is 2.29. The average Bonchev–Trinajstić information content (AvgIpc) is 2.63. The molecule has 0 bridgehead atoms. The highest BCUT2D eigenvalue weighted by Crippen LogP contribution is 2.07. The molecule has 0 radical (unpaired) electrons. The van der Waals surface area contributed by atoms with Gasteiger partial charge in [0, 0.05) is 13.2 Å². The summed E-state index contributed by atoms with van der Waals surface area (Å²) < 4.78 is 20.7. The van der Waals surface area contributed by atoms with Crippen LogP contribution in [0.1, 0.15) is 33.6 Å². The highest BCUT2D eigenvalue weighted by molar-refractivity contribution is 5.91. The molecule has 11 nitrogen and oxygen atoms in total. The Morgan fingerprint density at radius 1 is 1.10 bits per heavy atom. The number of alkyl carbamates (subject to hydrolysis) is 1. The van der Waals surface area contributed by atoms with Crippen LogP contribution in [-0.2, 0) is 33.3 Å². The van der Waals surface area contributed by atoms with Gasteiger partial charge in [-0.2, -0.15) is 0 Å². The molecule has 0 aliphatic carbocycles. The Kier molecular flexibility index (Phi) is 10.4. The van der Waals surface area contributed by atoms with E-state index in [2.05, 4.69) is 20.7 Å². The molecule has 0 saturated carbocycles. The first kappa shape index (κ1) is 24.6. The van der Waals surface area contributed by atoms with Gasteiger partial charge in [-0.3, -0.25) is 9.59 Å². The van der Waals surface area contributed by atoms with Crippen molar-refractivity contribution in [2.24, 2.45) is 0 Å². The summed E-state index contributed by atoms with van der Waals surface area (Å²) in [6.07, 6.45) is 0.525. The second kappa shape index (κ2) is 12.2. The molecule has 11 heteroatoms. The summed E-state index contributed by atoms with van der Waals surface area (Å²) in [5.41, 5.74) is -0.732. The maximum Gasteiger partial charge on any atom is 0.408 e. The van der Waals surface area contributed by atoms with Gasteiger partial charge in [-0.15, -0.1) is 0 Å². The normalized spacial score (nSPS) is 22.9. The van der Waals surface area contributed by atoms with Crippen molar-refractivity contribution in [3.63, 3.8) is 0 Å². The lowest BCUT2D eigenvalue weighted by atomic mass is 10.2. The Bertz CT molecular complexity index is 576. The molecule has 1 aliphatic heterocycles. The van der Waals surface area contributed by atoms with E-state index in [9.17, 15) is 19.2 Å². The smallest absolute Gasteiger partial charge is 0.408 e. The minimum Gasteiger partial charge on any atom is -0.467 e. The predicted molar refractivity (Wildman–Crippen MR) is 101 cm³/mol. The first-order valence-electron chi connectivity index (χ1n) is 9.42. The molecule has 0 spiro atoms. The third-order valence-corrected chi connectivity index (χ3v) is 3.65. The number of methoxy groups -OCH3 is 1. The highest BCUT2D eigenvalue weighted by Gasteiger charge is 2.26. The maximum absolute atomic E-state index is 12.4. The summed E-state index contributed by atoms with van der Waals surface area (Å²) in [5.74, 6) is -1.88. The van der Waals surface area contributed by atoms with Crippen LogP contribution in [0, 0.1) is 0 Å². The lowest BCUT2D eigenvalue weighted by Gasteiger charge is -2.23. The van der Waals surface area contributed by atoms with Crippen molar-refractivity contribution >= 4 is 23.9 Å². The topological polar surface area (TPSA) is 141 Å². The second-order valence-electron chi connectivity index (χ2n) is 7.42. The van der Waals surface area contributed by atoms with Crippen LogP contribution in [-0.4, -0.2) is 81.6 Å². The van der Waals surface area contributed by atoms with Crippen LogP contribution in [0.3, 0.4) is 0 Å². The minimum atomic E-state index is -1.05. The molecule has 0 aromatic heterocycles. The van der Waals surface area contributed by atoms with Crippen LogP contribution in [0.2, 0.25) is 0 Å². The van der Waals surface area contributed by atoms with Crippen LogP contribution in [0.25, 0.3) is 0 Å². The van der Waals surface area contributed by atoms with Crippen molar-refractivity contribution in [1.82, 2.24) is 16.0 Å². The van der Waals surface area contributed by atoms with E-state index in [0.717, 1.165) is 0 Å². The number of carbonyl (C=O) groups excluding carboxylic acids is 4. The fourth-order valence-corrected chi connectivity index (χ4v) is 2.29. The van der Waals surface area contributed by atoms with E-state index in [-0.39, 0.29) is 13.2 Å². The second-order valence-corrected chi connectivity index (χ2v) is 7.42. The first-order chi connectivity index (χ1) is 13.6. The van der Waals surface area contributed by atoms with E-state index in [1.165, 1.54) is 7.11 Å². The summed E-state index contributed by atoms with van der Waals surface area (Å²) >= 11 is 0. The molecule has 1 saturated heterocycles. The number of nitrogens with one attached hydrogen (secondary N) is 3. The number of hydrogen-bond acceptors (Lipinski definition) is 8.